The van der Waals surface area contributed by atoms with Gasteiger partial charge in [0.2, 0.25) is 5.91 Å². The van der Waals surface area contributed by atoms with E-state index in [-0.39, 0.29) is 27.0 Å². The van der Waals surface area contributed by atoms with Crippen LogP contribution in [0.3, 0.4) is 0 Å². The lowest BCUT2D eigenvalue weighted by atomic mass is 10.3. The van der Waals surface area contributed by atoms with Crippen molar-refractivity contribution < 1.29 is 30.8 Å². The Balaban J connectivity index is 1.53. The normalized spacial score (nSPS) is 11.4. The molecule has 2 N–H and O–H groups in total. The molecule has 40 heavy (non-hydrogen) atoms. The van der Waals surface area contributed by atoms with E-state index in [1.165, 1.54) is 72.9 Å². The van der Waals surface area contributed by atoms with Crippen molar-refractivity contribution >= 4 is 43.1 Å². The SMILES string of the molecule is CCOc1ccc(S(=O)(=O)N(CC(=O)Nc2ccc(S(=O)(=O)Nc3ccccn3)cc2)c2ccc(F)cc2)cc1. The van der Waals surface area contributed by atoms with Gasteiger partial charge in [0.05, 0.1) is 22.1 Å². The second-order valence-electron chi connectivity index (χ2n) is 8.29. The van der Waals surface area contributed by atoms with Crippen molar-refractivity contribution in [3.8, 4) is 5.75 Å². The molecule has 0 radical (unpaired) electrons. The minimum atomic E-state index is -4.24. The molecule has 0 saturated heterocycles. The number of ether oxygens (including phenoxy) is 1. The number of amides is 1. The van der Waals surface area contributed by atoms with E-state index in [0.717, 1.165) is 16.4 Å². The summed E-state index contributed by atoms with van der Waals surface area (Å²) in [6.07, 6.45) is 1.45. The van der Waals surface area contributed by atoms with Gasteiger partial charge in [0, 0.05) is 11.9 Å². The van der Waals surface area contributed by atoms with E-state index in [1.807, 2.05) is 0 Å². The number of aromatic nitrogens is 1. The largest absolute Gasteiger partial charge is 0.494 e. The van der Waals surface area contributed by atoms with Crippen LogP contribution in [0, 0.1) is 5.82 Å². The first kappa shape index (κ1) is 28.5. The van der Waals surface area contributed by atoms with E-state index in [9.17, 15) is 26.0 Å². The van der Waals surface area contributed by atoms with Crippen molar-refractivity contribution in [2.45, 2.75) is 16.7 Å². The summed E-state index contributed by atoms with van der Waals surface area (Å²) >= 11 is 0. The molecule has 13 heteroatoms. The van der Waals surface area contributed by atoms with Crippen molar-refractivity contribution in [2.75, 3.05) is 27.5 Å². The zero-order chi connectivity index (χ0) is 28.8. The van der Waals surface area contributed by atoms with Crippen molar-refractivity contribution in [1.82, 2.24) is 4.98 Å². The number of benzene rings is 3. The fraction of sp³-hybridized carbons (Fsp3) is 0.111. The number of rotatable bonds is 11. The van der Waals surface area contributed by atoms with Crippen LogP contribution in [-0.4, -0.2) is 40.9 Å². The first-order valence-electron chi connectivity index (χ1n) is 11.9. The standard InChI is InChI=1S/C27H25FN4O6S2/c1-2-38-23-12-16-25(17-13-23)40(36,37)32(22-10-6-20(28)7-11-22)19-27(33)30-21-8-14-24(15-9-21)39(34,35)31-26-5-3-4-18-29-26/h3-18H,2,19H2,1H3,(H,29,31)(H,30,33). The lowest BCUT2D eigenvalue weighted by Gasteiger charge is -2.24. The summed E-state index contributed by atoms with van der Waals surface area (Å²) in [6, 6.07) is 20.5. The molecule has 1 heterocycles. The molecule has 10 nitrogen and oxygen atoms in total. The molecule has 3 aromatic carbocycles. The molecule has 0 bridgehead atoms. The lowest BCUT2D eigenvalue weighted by molar-refractivity contribution is -0.114. The van der Waals surface area contributed by atoms with Crippen molar-refractivity contribution in [3.05, 3.63) is 103 Å². The van der Waals surface area contributed by atoms with E-state index in [2.05, 4.69) is 15.0 Å². The van der Waals surface area contributed by atoms with Gasteiger partial charge in [-0.1, -0.05) is 6.07 Å². The average molecular weight is 585 g/mol. The number of carbonyl (C=O) groups is 1. The van der Waals surface area contributed by atoms with Gasteiger partial charge in [-0.25, -0.2) is 26.2 Å². The molecule has 208 valence electrons. The van der Waals surface area contributed by atoms with Gasteiger partial charge in [0.25, 0.3) is 20.0 Å². The Morgan fingerprint density at radius 2 is 1.52 bits per heavy atom. The highest BCUT2D eigenvalue weighted by Gasteiger charge is 2.27. The van der Waals surface area contributed by atoms with Crippen LogP contribution in [0.5, 0.6) is 5.75 Å². The number of halogens is 1. The first-order chi connectivity index (χ1) is 19.1. The van der Waals surface area contributed by atoms with Gasteiger partial charge in [-0.3, -0.25) is 13.8 Å². The Hall–Kier alpha value is -4.49. The Labute approximate surface area is 231 Å². The van der Waals surface area contributed by atoms with E-state index in [0.29, 0.717) is 12.4 Å². The number of nitrogens with one attached hydrogen (secondary N) is 2. The van der Waals surface area contributed by atoms with Crippen LogP contribution >= 0.6 is 0 Å². The third kappa shape index (κ3) is 6.93. The van der Waals surface area contributed by atoms with Gasteiger partial charge in [-0.2, -0.15) is 0 Å². The summed E-state index contributed by atoms with van der Waals surface area (Å²) in [4.78, 5) is 16.7. The molecule has 0 aliphatic rings. The molecule has 1 aromatic heterocycles. The van der Waals surface area contributed by atoms with E-state index < -0.39 is 38.3 Å². The molecular formula is C27H25FN4O6S2. The molecule has 0 atom stereocenters. The third-order valence-electron chi connectivity index (χ3n) is 5.48. The number of hydrogen-bond acceptors (Lipinski definition) is 7. The van der Waals surface area contributed by atoms with Crippen molar-refractivity contribution in [3.63, 3.8) is 0 Å². The lowest BCUT2D eigenvalue weighted by Crippen LogP contribution is -2.38. The maximum atomic E-state index is 13.6. The zero-order valence-electron chi connectivity index (χ0n) is 21.2. The van der Waals surface area contributed by atoms with Crippen LogP contribution in [-0.2, 0) is 24.8 Å². The van der Waals surface area contributed by atoms with E-state index in [4.69, 9.17) is 4.74 Å². The van der Waals surface area contributed by atoms with Gasteiger partial charge < -0.3 is 10.1 Å². The van der Waals surface area contributed by atoms with E-state index >= 15 is 0 Å². The summed E-state index contributed by atoms with van der Waals surface area (Å²) in [5.74, 6) is -0.650. The highest BCUT2D eigenvalue weighted by atomic mass is 32.2. The minimum absolute atomic E-state index is 0.0674. The highest BCUT2D eigenvalue weighted by Crippen LogP contribution is 2.26. The number of anilines is 3. The predicted molar refractivity (Wildman–Crippen MR) is 149 cm³/mol. The van der Waals surface area contributed by atoms with Crippen molar-refractivity contribution in [2.24, 2.45) is 0 Å². The Kier molecular flexibility index (Phi) is 8.65. The molecule has 0 aliphatic carbocycles. The monoisotopic (exact) mass is 584 g/mol. The third-order valence-corrected chi connectivity index (χ3v) is 8.64. The molecule has 0 saturated carbocycles. The minimum Gasteiger partial charge on any atom is -0.494 e. The number of hydrogen-bond donors (Lipinski definition) is 2. The predicted octanol–water partition coefficient (Wildman–Crippen LogP) is 4.25. The van der Waals surface area contributed by atoms with Crippen LogP contribution in [0.2, 0.25) is 0 Å². The second-order valence-corrected chi connectivity index (χ2v) is 11.8. The van der Waals surface area contributed by atoms with Gasteiger partial charge in [-0.05, 0) is 91.9 Å². The van der Waals surface area contributed by atoms with Crippen LogP contribution in [0.4, 0.5) is 21.6 Å². The Morgan fingerprint density at radius 3 is 2.12 bits per heavy atom. The number of pyridine rings is 1. The van der Waals surface area contributed by atoms with Gasteiger partial charge >= 0.3 is 0 Å². The van der Waals surface area contributed by atoms with Gasteiger partial charge in [0.15, 0.2) is 0 Å². The molecule has 0 spiro atoms. The molecule has 0 aliphatic heterocycles. The molecule has 0 unspecified atom stereocenters. The summed E-state index contributed by atoms with van der Waals surface area (Å²) in [5, 5.41) is 2.56. The maximum Gasteiger partial charge on any atom is 0.264 e. The second kappa shape index (κ2) is 12.1. The van der Waals surface area contributed by atoms with Crippen LogP contribution in [0.15, 0.2) is 107 Å². The number of nitrogens with zero attached hydrogens (tertiary/aromatic N) is 2. The first-order valence-corrected chi connectivity index (χ1v) is 14.9. The fourth-order valence-electron chi connectivity index (χ4n) is 3.59. The van der Waals surface area contributed by atoms with Gasteiger partial charge in [-0.15, -0.1) is 0 Å². The van der Waals surface area contributed by atoms with Crippen LogP contribution in [0.25, 0.3) is 0 Å². The van der Waals surface area contributed by atoms with Crippen LogP contribution in [0.1, 0.15) is 6.92 Å². The summed E-state index contributed by atoms with van der Waals surface area (Å²) in [5.41, 5.74) is 0.312. The van der Waals surface area contributed by atoms with E-state index in [1.54, 1.807) is 19.1 Å². The average Bonchev–Trinajstić information content (AvgIpc) is 2.93. The molecule has 1 amide bonds. The highest BCUT2D eigenvalue weighted by molar-refractivity contribution is 7.93. The Morgan fingerprint density at radius 1 is 0.875 bits per heavy atom. The number of carbonyl (C=O) groups excluding carboxylic acids is 1. The topological polar surface area (TPSA) is 135 Å². The Bertz CT molecular complexity index is 1670. The quantitative estimate of drug-likeness (QED) is 0.269. The molecule has 0 fully saturated rings. The smallest absolute Gasteiger partial charge is 0.264 e. The summed E-state index contributed by atoms with van der Waals surface area (Å²) in [6.45, 7) is 1.56. The maximum absolute atomic E-state index is 13.6. The summed E-state index contributed by atoms with van der Waals surface area (Å²) < 4.78 is 74.4. The zero-order valence-corrected chi connectivity index (χ0v) is 22.8. The summed E-state index contributed by atoms with van der Waals surface area (Å²) in [7, 11) is -8.17. The number of sulfonamides is 2. The van der Waals surface area contributed by atoms with Gasteiger partial charge in [0.1, 0.15) is 23.9 Å². The molecule has 4 aromatic rings. The van der Waals surface area contributed by atoms with Crippen LogP contribution < -0.4 is 19.1 Å². The van der Waals surface area contributed by atoms with Crippen molar-refractivity contribution in [1.29, 1.82) is 0 Å². The fourth-order valence-corrected chi connectivity index (χ4v) is 6.02. The molecular weight excluding hydrogens is 559 g/mol. The molecule has 4 rings (SSSR count).